The van der Waals surface area contributed by atoms with Gasteiger partial charge < -0.3 is 34.8 Å². The molecule has 0 aromatic rings. The van der Waals surface area contributed by atoms with Crippen LogP contribution in [0.4, 0.5) is 4.79 Å². The number of ether oxygens (including phenoxy) is 3. The van der Waals surface area contributed by atoms with Crippen LogP contribution >= 0.6 is 0 Å². The van der Waals surface area contributed by atoms with Crippen molar-refractivity contribution in [1.82, 2.24) is 5.32 Å². The second kappa shape index (κ2) is 10.8. The highest BCUT2D eigenvalue weighted by atomic mass is 16.7. The Morgan fingerprint density at radius 3 is 2.43 bits per heavy atom. The number of amides is 1. The lowest BCUT2D eigenvalue weighted by Gasteiger charge is -2.39. The number of alkyl carbamates (subject to hydrolysis) is 1. The van der Waals surface area contributed by atoms with E-state index in [4.69, 9.17) is 14.2 Å². The molecular weight excluding hydrogens is 306 g/mol. The Labute approximate surface area is 136 Å². The molecule has 0 spiro atoms. The quantitative estimate of drug-likeness (QED) is 0.443. The monoisotopic (exact) mass is 335 g/mol. The van der Waals surface area contributed by atoms with Gasteiger partial charge in [0.05, 0.1) is 0 Å². The fourth-order valence-corrected chi connectivity index (χ4v) is 2.38. The molecule has 1 heterocycles. The molecule has 0 radical (unpaired) electrons. The Kier molecular flexibility index (Phi) is 9.42. The maximum absolute atomic E-state index is 11.6. The van der Waals surface area contributed by atoms with Gasteiger partial charge in [-0.3, -0.25) is 0 Å². The summed E-state index contributed by atoms with van der Waals surface area (Å²) >= 11 is 0. The molecule has 5 atom stereocenters. The summed E-state index contributed by atoms with van der Waals surface area (Å²) in [4.78, 5) is 11.6. The van der Waals surface area contributed by atoms with Gasteiger partial charge in [0.2, 0.25) is 0 Å². The summed E-state index contributed by atoms with van der Waals surface area (Å²) in [6.45, 7) is 2.42. The van der Waals surface area contributed by atoms with Crippen LogP contribution in [-0.2, 0) is 14.2 Å². The van der Waals surface area contributed by atoms with Crippen LogP contribution in [0.3, 0.4) is 0 Å². The van der Waals surface area contributed by atoms with Crippen molar-refractivity contribution >= 4 is 6.09 Å². The van der Waals surface area contributed by atoms with Crippen LogP contribution in [0.5, 0.6) is 0 Å². The van der Waals surface area contributed by atoms with Crippen molar-refractivity contribution in [3.05, 3.63) is 0 Å². The number of rotatable bonds is 9. The Morgan fingerprint density at radius 1 is 1.09 bits per heavy atom. The van der Waals surface area contributed by atoms with E-state index in [1.165, 1.54) is 20.0 Å². The molecule has 4 N–H and O–H groups in total. The molecule has 0 aromatic heterocycles. The lowest BCUT2D eigenvalue weighted by molar-refractivity contribution is -0.294. The molecular formula is C15H29NO7. The van der Waals surface area contributed by atoms with Crippen molar-refractivity contribution in [1.29, 1.82) is 0 Å². The topological polar surface area (TPSA) is 117 Å². The third kappa shape index (κ3) is 6.60. The number of aliphatic hydroxyl groups excluding tert-OH is 3. The Balaban J connectivity index is 2.24. The molecule has 1 rings (SSSR count). The van der Waals surface area contributed by atoms with E-state index in [2.05, 4.69) is 12.2 Å². The van der Waals surface area contributed by atoms with Crippen LogP contribution in [0.25, 0.3) is 0 Å². The molecule has 1 saturated heterocycles. The van der Waals surface area contributed by atoms with Crippen molar-refractivity contribution in [2.45, 2.75) is 69.7 Å². The zero-order valence-corrected chi connectivity index (χ0v) is 13.8. The van der Waals surface area contributed by atoms with Gasteiger partial charge in [-0.05, 0) is 6.42 Å². The second-order valence-corrected chi connectivity index (χ2v) is 5.69. The molecule has 0 saturated carbocycles. The zero-order valence-electron chi connectivity index (χ0n) is 13.8. The van der Waals surface area contributed by atoms with Crippen LogP contribution in [0.1, 0.15) is 39.0 Å². The van der Waals surface area contributed by atoms with Gasteiger partial charge in [-0.1, -0.05) is 32.6 Å². The summed E-state index contributed by atoms with van der Waals surface area (Å²) in [5.41, 5.74) is 0. The first-order chi connectivity index (χ1) is 11.0. The summed E-state index contributed by atoms with van der Waals surface area (Å²) in [5.74, 6) is 0. The van der Waals surface area contributed by atoms with Crippen LogP contribution in [0, 0.1) is 0 Å². The molecule has 0 bridgehead atoms. The molecule has 1 aliphatic heterocycles. The van der Waals surface area contributed by atoms with Crippen molar-refractivity contribution in [2.75, 3.05) is 20.3 Å². The smallest absolute Gasteiger partial charge is 0.407 e. The fraction of sp³-hybridized carbons (Fsp3) is 0.933. The Bertz CT molecular complexity index is 340. The van der Waals surface area contributed by atoms with Crippen molar-refractivity contribution in [2.24, 2.45) is 0 Å². The SMILES string of the molecule is CCCCCCCNC(=O)OC[C@H]1O[C@@H](OC)[C@@H](O)[C@@H](O)[C@@H]1O. The van der Waals surface area contributed by atoms with Gasteiger partial charge in [0, 0.05) is 13.7 Å². The van der Waals surface area contributed by atoms with E-state index < -0.39 is 36.8 Å². The van der Waals surface area contributed by atoms with E-state index in [1.54, 1.807) is 0 Å². The first-order valence-electron chi connectivity index (χ1n) is 8.14. The van der Waals surface area contributed by atoms with Gasteiger partial charge in [-0.25, -0.2) is 4.79 Å². The number of methoxy groups -OCH3 is 1. The number of unbranched alkanes of at least 4 members (excludes halogenated alkanes) is 4. The van der Waals surface area contributed by atoms with Crippen LogP contribution < -0.4 is 5.32 Å². The van der Waals surface area contributed by atoms with Gasteiger partial charge in [0.25, 0.3) is 0 Å². The largest absolute Gasteiger partial charge is 0.447 e. The highest BCUT2D eigenvalue weighted by Crippen LogP contribution is 2.21. The van der Waals surface area contributed by atoms with E-state index in [9.17, 15) is 20.1 Å². The third-order valence-corrected chi connectivity index (χ3v) is 3.83. The lowest BCUT2D eigenvalue weighted by Crippen LogP contribution is -2.59. The van der Waals surface area contributed by atoms with Crippen LogP contribution in [0.15, 0.2) is 0 Å². The Hall–Kier alpha value is -0.930. The van der Waals surface area contributed by atoms with E-state index in [-0.39, 0.29) is 6.61 Å². The number of hydrogen-bond donors (Lipinski definition) is 4. The van der Waals surface area contributed by atoms with Gasteiger partial charge >= 0.3 is 6.09 Å². The zero-order chi connectivity index (χ0) is 17.2. The first-order valence-corrected chi connectivity index (χ1v) is 8.14. The highest BCUT2D eigenvalue weighted by molar-refractivity contribution is 5.67. The summed E-state index contributed by atoms with van der Waals surface area (Å²) in [5, 5.41) is 31.8. The van der Waals surface area contributed by atoms with Gasteiger partial charge in [0.1, 0.15) is 31.0 Å². The minimum absolute atomic E-state index is 0.244. The second-order valence-electron chi connectivity index (χ2n) is 5.69. The predicted molar refractivity (Wildman–Crippen MR) is 81.8 cm³/mol. The van der Waals surface area contributed by atoms with E-state index in [0.717, 1.165) is 19.3 Å². The fourth-order valence-electron chi connectivity index (χ4n) is 2.38. The van der Waals surface area contributed by atoms with Gasteiger partial charge in [-0.15, -0.1) is 0 Å². The summed E-state index contributed by atoms with van der Waals surface area (Å²) in [6.07, 6.45) is -1.35. The predicted octanol–water partition coefficient (Wildman–Crippen LogP) is 0.137. The minimum atomic E-state index is -1.43. The van der Waals surface area contributed by atoms with Gasteiger partial charge in [-0.2, -0.15) is 0 Å². The lowest BCUT2D eigenvalue weighted by atomic mass is 9.99. The molecule has 8 heteroatoms. The first kappa shape index (κ1) is 20.1. The number of carbonyl (C=O) groups is 1. The summed E-state index contributed by atoms with van der Waals surface area (Å²) in [7, 11) is 1.31. The van der Waals surface area contributed by atoms with Gasteiger partial charge in [0.15, 0.2) is 6.29 Å². The molecule has 1 fully saturated rings. The Morgan fingerprint density at radius 2 is 1.78 bits per heavy atom. The number of nitrogens with one attached hydrogen (secondary N) is 1. The molecule has 1 aliphatic rings. The molecule has 0 aromatic carbocycles. The normalized spacial score (nSPS) is 30.9. The van der Waals surface area contributed by atoms with Crippen molar-refractivity contribution < 1.29 is 34.3 Å². The highest BCUT2D eigenvalue weighted by Gasteiger charge is 2.44. The van der Waals surface area contributed by atoms with Crippen molar-refractivity contribution in [3.8, 4) is 0 Å². The maximum Gasteiger partial charge on any atom is 0.407 e. The number of aliphatic hydroxyl groups is 3. The van der Waals surface area contributed by atoms with E-state index in [1.807, 2.05) is 0 Å². The molecule has 0 unspecified atom stereocenters. The molecule has 23 heavy (non-hydrogen) atoms. The average molecular weight is 335 g/mol. The molecule has 136 valence electrons. The number of hydrogen-bond acceptors (Lipinski definition) is 7. The average Bonchev–Trinajstić information content (AvgIpc) is 2.55. The third-order valence-electron chi connectivity index (χ3n) is 3.83. The maximum atomic E-state index is 11.6. The van der Waals surface area contributed by atoms with E-state index in [0.29, 0.717) is 6.54 Å². The molecule has 8 nitrogen and oxygen atoms in total. The summed E-state index contributed by atoms with van der Waals surface area (Å²) in [6, 6.07) is 0. The molecule has 1 amide bonds. The number of carbonyl (C=O) groups excluding carboxylic acids is 1. The molecule has 0 aliphatic carbocycles. The minimum Gasteiger partial charge on any atom is -0.447 e. The van der Waals surface area contributed by atoms with Crippen molar-refractivity contribution in [3.63, 3.8) is 0 Å². The van der Waals surface area contributed by atoms with Crippen LogP contribution in [-0.4, -0.2) is 72.4 Å². The van der Waals surface area contributed by atoms with Crippen LogP contribution in [0.2, 0.25) is 0 Å². The standard InChI is InChI=1S/C15H29NO7/c1-3-4-5-6-7-8-16-15(20)22-9-10-11(17)12(18)13(19)14(21-2)23-10/h10-14,17-19H,3-9H2,1-2H3,(H,16,20)/t10-,11-,12+,13+,14-/m1/s1. The summed E-state index contributed by atoms with van der Waals surface area (Å²) < 4.78 is 15.1. The van der Waals surface area contributed by atoms with E-state index >= 15 is 0 Å².